The van der Waals surface area contributed by atoms with E-state index in [-0.39, 0.29) is 5.91 Å². The van der Waals surface area contributed by atoms with E-state index in [0.29, 0.717) is 17.0 Å². The monoisotopic (exact) mass is 341 g/mol. The number of aryl methyl sites for hydroxylation is 2. The lowest BCUT2D eigenvalue weighted by molar-refractivity contribution is -0.113. The Kier molecular flexibility index (Phi) is 5.20. The van der Waals surface area contributed by atoms with E-state index >= 15 is 0 Å². The maximum Gasteiger partial charge on any atom is 0.339 e. The smallest absolute Gasteiger partial charge is 0.339 e. The standard InChI is InChI=1S/C19H19NO3S/c1-23-19(22)16-7-2-3-8-17(16)20-18(21)12-24-15-10-9-13-5-4-6-14(13)11-15/h2-3,7-11H,4-6,12H2,1H3,(H,20,21). The summed E-state index contributed by atoms with van der Waals surface area (Å²) in [5.74, 6) is -0.303. The van der Waals surface area contributed by atoms with Crippen LogP contribution in [0.15, 0.2) is 47.4 Å². The average Bonchev–Trinajstić information content (AvgIpc) is 3.07. The van der Waals surface area contributed by atoms with E-state index in [1.165, 1.54) is 36.4 Å². The summed E-state index contributed by atoms with van der Waals surface area (Å²) in [6, 6.07) is 13.3. The summed E-state index contributed by atoms with van der Waals surface area (Å²) < 4.78 is 4.73. The van der Waals surface area contributed by atoms with Crippen LogP contribution in [0.2, 0.25) is 0 Å². The molecule has 2 aromatic carbocycles. The fraction of sp³-hybridized carbons (Fsp3) is 0.263. The molecule has 1 amide bonds. The first kappa shape index (κ1) is 16.6. The highest BCUT2D eigenvalue weighted by molar-refractivity contribution is 8.00. The highest BCUT2D eigenvalue weighted by Gasteiger charge is 2.14. The summed E-state index contributed by atoms with van der Waals surface area (Å²) in [4.78, 5) is 25.0. The molecule has 1 N–H and O–H groups in total. The van der Waals surface area contributed by atoms with Gasteiger partial charge in [0.15, 0.2) is 0 Å². The Morgan fingerprint density at radius 2 is 1.92 bits per heavy atom. The average molecular weight is 341 g/mol. The molecule has 0 fully saturated rings. The third-order valence-electron chi connectivity index (χ3n) is 4.05. The molecule has 0 saturated carbocycles. The van der Waals surface area contributed by atoms with Gasteiger partial charge in [0.2, 0.25) is 5.91 Å². The van der Waals surface area contributed by atoms with Gasteiger partial charge in [0, 0.05) is 4.90 Å². The van der Waals surface area contributed by atoms with Crippen molar-refractivity contribution in [2.24, 2.45) is 0 Å². The predicted octanol–water partition coefficient (Wildman–Crippen LogP) is 3.69. The predicted molar refractivity (Wildman–Crippen MR) is 95.6 cm³/mol. The highest BCUT2D eigenvalue weighted by Crippen LogP contribution is 2.27. The van der Waals surface area contributed by atoms with Gasteiger partial charge in [-0.25, -0.2) is 4.79 Å². The highest BCUT2D eigenvalue weighted by atomic mass is 32.2. The molecule has 1 aliphatic carbocycles. The van der Waals surface area contributed by atoms with Gasteiger partial charge in [-0.3, -0.25) is 4.79 Å². The van der Waals surface area contributed by atoms with Crippen LogP contribution in [0.25, 0.3) is 0 Å². The molecule has 5 heteroatoms. The number of carbonyl (C=O) groups excluding carboxylic acids is 2. The van der Waals surface area contributed by atoms with Gasteiger partial charge in [-0.05, 0) is 54.7 Å². The Morgan fingerprint density at radius 1 is 1.12 bits per heavy atom. The Bertz CT molecular complexity index is 773. The summed E-state index contributed by atoms with van der Waals surface area (Å²) in [7, 11) is 1.32. The second-order valence-electron chi connectivity index (χ2n) is 5.66. The van der Waals surface area contributed by atoms with Crippen molar-refractivity contribution in [3.8, 4) is 0 Å². The van der Waals surface area contributed by atoms with Crippen LogP contribution in [-0.4, -0.2) is 24.7 Å². The molecule has 124 valence electrons. The van der Waals surface area contributed by atoms with Gasteiger partial charge in [-0.1, -0.05) is 18.2 Å². The number of nitrogens with one attached hydrogen (secondary N) is 1. The molecular weight excluding hydrogens is 322 g/mol. The van der Waals surface area contributed by atoms with Crippen LogP contribution < -0.4 is 5.32 Å². The third kappa shape index (κ3) is 3.79. The molecule has 2 aromatic rings. The fourth-order valence-electron chi connectivity index (χ4n) is 2.85. The van der Waals surface area contributed by atoms with E-state index < -0.39 is 5.97 Å². The zero-order chi connectivity index (χ0) is 16.9. The molecule has 1 aliphatic rings. The lowest BCUT2D eigenvalue weighted by Crippen LogP contribution is -2.17. The van der Waals surface area contributed by atoms with E-state index in [2.05, 4.69) is 23.5 Å². The van der Waals surface area contributed by atoms with E-state index in [1.54, 1.807) is 24.3 Å². The van der Waals surface area contributed by atoms with Gasteiger partial charge in [0.05, 0.1) is 24.1 Å². The van der Waals surface area contributed by atoms with E-state index in [9.17, 15) is 9.59 Å². The van der Waals surface area contributed by atoms with Crippen LogP contribution in [0.1, 0.15) is 27.9 Å². The topological polar surface area (TPSA) is 55.4 Å². The minimum atomic E-state index is -0.461. The normalized spacial score (nSPS) is 12.5. The maximum atomic E-state index is 12.2. The zero-order valence-corrected chi connectivity index (χ0v) is 14.3. The van der Waals surface area contributed by atoms with Crippen LogP contribution >= 0.6 is 11.8 Å². The molecular formula is C19H19NO3S. The Morgan fingerprint density at radius 3 is 2.75 bits per heavy atom. The zero-order valence-electron chi connectivity index (χ0n) is 13.5. The van der Waals surface area contributed by atoms with Gasteiger partial charge in [-0.15, -0.1) is 11.8 Å². The van der Waals surface area contributed by atoms with Gasteiger partial charge < -0.3 is 10.1 Å². The maximum absolute atomic E-state index is 12.2. The molecule has 0 aromatic heterocycles. The number of ether oxygens (including phenoxy) is 1. The van der Waals surface area contributed by atoms with Crippen LogP contribution in [0.5, 0.6) is 0 Å². The Hall–Kier alpha value is -2.27. The van der Waals surface area contributed by atoms with Crippen molar-refractivity contribution >= 4 is 29.3 Å². The number of fused-ring (bicyclic) bond motifs is 1. The van der Waals surface area contributed by atoms with Crippen molar-refractivity contribution in [1.82, 2.24) is 0 Å². The second kappa shape index (κ2) is 7.53. The number of amides is 1. The number of para-hydroxylation sites is 1. The molecule has 3 rings (SSSR count). The van der Waals surface area contributed by atoms with Gasteiger partial charge in [-0.2, -0.15) is 0 Å². The molecule has 4 nitrogen and oxygen atoms in total. The summed E-state index contributed by atoms with van der Waals surface area (Å²) in [6.07, 6.45) is 3.50. The molecule has 0 radical (unpaired) electrons. The number of hydrogen-bond donors (Lipinski definition) is 1. The quantitative estimate of drug-likeness (QED) is 0.666. The number of esters is 1. The molecule has 0 saturated heterocycles. The second-order valence-corrected chi connectivity index (χ2v) is 6.71. The molecule has 0 spiro atoms. The molecule has 0 heterocycles. The van der Waals surface area contributed by atoms with Gasteiger partial charge in [0.1, 0.15) is 0 Å². The largest absolute Gasteiger partial charge is 0.465 e. The van der Waals surface area contributed by atoms with E-state index in [1.807, 2.05) is 0 Å². The fourth-order valence-corrected chi connectivity index (χ4v) is 3.61. The summed E-state index contributed by atoms with van der Waals surface area (Å²) in [6.45, 7) is 0. The van der Waals surface area contributed by atoms with Crippen LogP contribution in [-0.2, 0) is 22.4 Å². The number of benzene rings is 2. The number of thioether (sulfide) groups is 1. The first-order valence-electron chi connectivity index (χ1n) is 7.89. The molecule has 0 atom stereocenters. The Balaban J connectivity index is 1.61. The van der Waals surface area contributed by atoms with Gasteiger partial charge in [0.25, 0.3) is 0 Å². The molecule has 0 aliphatic heterocycles. The summed E-state index contributed by atoms with van der Waals surface area (Å²) in [5, 5.41) is 2.79. The van der Waals surface area contributed by atoms with Crippen LogP contribution in [0, 0.1) is 0 Å². The lowest BCUT2D eigenvalue weighted by Gasteiger charge is -2.10. The first-order valence-corrected chi connectivity index (χ1v) is 8.88. The number of hydrogen-bond acceptors (Lipinski definition) is 4. The Labute approximate surface area is 145 Å². The number of rotatable bonds is 5. The van der Waals surface area contributed by atoms with E-state index in [4.69, 9.17) is 4.74 Å². The minimum Gasteiger partial charge on any atom is -0.465 e. The summed E-state index contributed by atoms with van der Waals surface area (Å²) >= 11 is 1.51. The van der Waals surface area contributed by atoms with Crippen molar-refractivity contribution in [3.05, 3.63) is 59.2 Å². The minimum absolute atomic E-state index is 0.142. The SMILES string of the molecule is COC(=O)c1ccccc1NC(=O)CSc1ccc2c(c1)CCC2. The van der Waals surface area contributed by atoms with Gasteiger partial charge >= 0.3 is 5.97 Å². The number of anilines is 1. The van der Waals surface area contributed by atoms with Crippen molar-refractivity contribution in [2.75, 3.05) is 18.2 Å². The summed E-state index contributed by atoms with van der Waals surface area (Å²) in [5.41, 5.74) is 3.66. The molecule has 0 bridgehead atoms. The molecule has 24 heavy (non-hydrogen) atoms. The van der Waals surface area contributed by atoms with Crippen molar-refractivity contribution in [3.63, 3.8) is 0 Å². The first-order chi connectivity index (χ1) is 11.7. The lowest BCUT2D eigenvalue weighted by atomic mass is 10.1. The van der Waals surface area contributed by atoms with Crippen molar-refractivity contribution < 1.29 is 14.3 Å². The van der Waals surface area contributed by atoms with Crippen LogP contribution in [0.3, 0.4) is 0 Å². The third-order valence-corrected chi connectivity index (χ3v) is 5.04. The van der Waals surface area contributed by atoms with Crippen molar-refractivity contribution in [1.29, 1.82) is 0 Å². The van der Waals surface area contributed by atoms with Crippen molar-refractivity contribution in [2.45, 2.75) is 24.2 Å². The van der Waals surface area contributed by atoms with E-state index in [0.717, 1.165) is 17.7 Å². The number of methoxy groups -OCH3 is 1. The molecule has 0 unspecified atom stereocenters. The van der Waals surface area contributed by atoms with Crippen LogP contribution in [0.4, 0.5) is 5.69 Å². The number of carbonyl (C=O) groups is 2.